The van der Waals surface area contributed by atoms with Gasteiger partial charge in [-0.15, -0.1) is 0 Å². The Bertz CT molecular complexity index is 461. The maximum absolute atomic E-state index is 10.8. The van der Waals surface area contributed by atoms with Crippen LogP contribution in [-0.4, -0.2) is 14.8 Å². The van der Waals surface area contributed by atoms with Crippen LogP contribution in [0.25, 0.3) is 0 Å². The maximum Gasteiger partial charge on any atom is 0.259 e. The fraction of sp³-hybridized carbons (Fsp3) is 0.625. The minimum atomic E-state index is -2.01. The molecule has 1 aromatic carbocycles. The van der Waals surface area contributed by atoms with Crippen LogP contribution in [0.3, 0.4) is 0 Å². The Morgan fingerprint density at radius 1 is 1.33 bits per heavy atom. The van der Waals surface area contributed by atoms with E-state index in [1.165, 1.54) is 38.5 Å². The van der Waals surface area contributed by atoms with Gasteiger partial charge in [-0.1, -0.05) is 44.2 Å². The van der Waals surface area contributed by atoms with Crippen LogP contribution in [0.5, 0.6) is 0 Å². The van der Waals surface area contributed by atoms with Gasteiger partial charge >= 0.3 is 0 Å². The summed E-state index contributed by atoms with van der Waals surface area (Å²) in [5.41, 5.74) is 1.80. The normalized spacial score (nSPS) is 19.1. The van der Waals surface area contributed by atoms with Gasteiger partial charge in [0, 0.05) is 18.3 Å². The fourth-order valence-corrected chi connectivity index (χ4v) is 3.47. The molecule has 0 radical (unpaired) electrons. The SMILES string of the molecule is CC(CC1CCCCC1)NCc1cccc(NS(=O)O)c1. The van der Waals surface area contributed by atoms with Crippen LogP contribution in [0.1, 0.15) is 51.0 Å². The van der Waals surface area contributed by atoms with Crippen molar-refractivity contribution in [1.82, 2.24) is 5.32 Å². The molecule has 0 spiro atoms. The predicted octanol–water partition coefficient (Wildman–Crippen LogP) is 3.68. The molecule has 3 N–H and O–H groups in total. The smallest absolute Gasteiger partial charge is 0.259 e. The van der Waals surface area contributed by atoms with Crippen molar-refractivity contribution in [2.75, 3.05) is 4.72 Å². The summed E-state index contributed by atoms with van der Waals surface area (Å²) >= 11 is -2.01. The zero-order valence-corrected chi connectivity index (χ0v) is 13.5. The quantitative estimate of drug-likeness (QED) is 0.673. The molecule has 0 aromatic heterocycles. The molecule has 21 heavy (non-hydrogen) atoms. The van der Waals surface area contributed by atoms with Crippen molar-refractivity contribution in [2.24, 2.45) is 5.92 Å². The van der Waals surface area contributed by atoms with Crippen LogP contribution >= 0.6 is 0 Å². The Hall–Kier alpha value is -0.910. The van der Waals surface area contributed by atoms with E-state index in [0.717, 1.165) is 18.0 Å². The lowest BCUT2D eigenvalue weighted by atomic mass is 9.85. The lowest BCUT2D eigenvalue weighted by Crippen LogP contribution is -2.28. The molecule has 4 nitrogen and oxygen atoms in total. The Morgan fingerprint density at radius 2 is 2.10 bits per heavy atom. The van der Waals surface area contributed by atoms with Crippen molar-refractivity contribution in [3.8, 4) is 0 Å². The van der Waals surface area contributed by atoms with E-state index in [4.69, 9.17) is 4.55 Å². The molecule has 2 rings (SSSR count). The Kier molecular flexibility index (Phi) is 6.67. The number of benzene rings is 1. The van der Waals surface area contributed by atoms with Gasteiger partial charge in [0.25, 0.3) is 11.3 Å². The number of rotatable bonds is 7. The summed E-state index contributed by atoms with van der Waals surface area (Å²) in [7, 11) is 0. The van der Waals surface area contributed by atoms with E-state index < -0.39 is 11.3 Å². The first-order chi connectivity index (χ1) is 10.1. The molecule has 1 saturated carbocycles. The van der Waals surface area contributed by atoms with Gasteiger partial charge in [-0.05, 0) is 37.0 Å². The minimum absolute atomic E-state index is 0.511. The summed E-state index contributed by atoms with van der Waals surface area (Å²) < 4.78 is 22.1. The zero-order chi connectivity index (χ0) is 15.1. The van der Waals surface area contributed by atoms with Crippen LogP contribution in [0.2, 0.25) is 0 Å². The molecule has 0 heterocycles. The van der Waals surface area contributed by atoms with Gasteiger partial charge in [-0.3, -0.25) is 9.27 Å². The summed E-state index contributed by atoms with van der Waals surface area (Å²) in [6.45, 7) is 3.04. The topological polar surface area (TPSA) is 61.4 Å². The van der Waals surface area contributed by atoms with E-state index in [1.807, 2.05) is 18.2 Å². The molecule has 1 aromatic rings. The monoisotopic (exact) mass is 310 g/mol. The molecule has 1 aliphatic rings. The molecule has 1 fully saturated rings. The van der Waals surface area contributed by atoms with E-state index in [2.05, 4.69) is 17.0 Å². The zero-order valence-electron chi connectivity index (χ0n) is 12.7. The number of hydrogen-bond acceptors (Lipinski definition) is 2. The Balaban J connectivity index is 1.77. The second-order valence-electron chi connectivity index (χ2n) is 6.07. The first-order valence-corrected chi connectivity index (χ1v) is 8.94. The standard InChI is InChI=1S/C16H26N2O2S/c1-13(10-14-6-3-2-4-7-14)17-12-15-8-5-9-16(11-15)18-21(19)20/h5,8-9,11,13-14,17-18H,2-4,6-7,10,12H2,1H3,(H,19,20). The van der Waals surface area contributed by atoms with E-state index in [0.29, 0.717) is 11.7 Å². The third-order valence-corrected chi connectivity index (χ3v) is 4.61. The summed E-state index contributed by atoms with van der Waals surface area (Å²) in [5.74, 6) is 0.881. The van der Waals surface area contributed by atoms with Crippen LogP contribution < -0.4 is 10.0 Å². The van der Waals surface area contributed by atoms with E-state index >= 15 is 0 Å². The summed E-state index contributed by atoms with van der Waals surface area (Å²) in [4.78, 5) is 0. The van der Waals surface area contributed by atoms with Gasteiger partial charge in [0.05, 0.1) is 0 Å². The number of hydrogen-bond donors (Lipinski definition) is 3. The van der Waals surface area contributed by atoms with Gasteiger partial charge in [-0.2, -0.15) is 0 Å². The van der Waals surface area contributed by atoms with E-state index in [9.17, 15) is 4.21 Å². The summed E-state index contributed by atoms with van der Waals surface area (Å²) in [5, 5.41) is 3.56. The number of anilines is 1. The van der Waals surface area contributed by atoms with Crippen LogP contribution in [0.15, 0.2) is 24.3 Å². The van der Waals surface area contributed by atoms with Gasteiger partial charge in [0.15, 0.2) is 0 Å². The summed E-state index contributed by atoms with van der Waals surface area (Å²) in [6.07, 6.45) is 8.21. The first-order valence-electron chi connectivity index (χ1n) is 7.83. The summed E-state index contributed by atoms with van der Waals surface area (Å²) in [6, 6.07) is 8.15. The molecule has 0 bridgehead atoms. The molecule has 2 atom stereocenters. The highest BCUT2D eigenvalue weighted by molar-refractivity contribution is 7.80. The largest absolute Gasteiger partial charge is 0.310 e. The fourth-order valence-electron chi connectivity index (χ4n) is 3.14. The third-order valence-electron chi connectivity index (χ3n) is 4.20. The van der Waals surface area contributed by atoms with E-state index in [-0.39, 0.29) is 0 Å². The van der Waals surface area contributed by atoms with Crippen LogP contribution in [0, 0.1) is 5.92 Å². The van der Waals surface area contributed by atoms with Crippen molar-refractivity contribution >= 4 is 17.0 Å². The van der Waals surface area contributed by atoms with Gasteiger partial charge in [0.1, 0.15) is 0 Å². The van der Waals surface area contributed by atoms with Crippen molar-refractivity contribution in [3.63, 3.8) is 0 Å². The second-order valence-corrected chi connectivity index (χ2v) is 6.78. The van der Waals surface area contributed by atoms with Gasteiger partial charge in [-0.25, -0.2) is 4.21 Å². The first kappa shape index (κ1) is 16.5. The van der Waals surface area contributed by atoms with Crippen molar-refractivity contribution in [2.45, 2.75) is 58.0 Å². The third kappa shape index (κ3) is 6.16. The highest BCUT2D eigenvalue weighted by atomic mass is 32.2. The Morgan fingerprint density at radius 3 is 2.81 bits per heavy atom. The van der Waals surface area contributed by atoms with Crippen molar-refractivity contribution in [1.29, 1.82) is 0 Å². The Labute approximate surface area is 130 Å². The molecular weight excluding hydrogens is 284 g/mol. The molecule has 1 aliphatic carbocycles. The molecule has 5 heteroatoms. The van der Waals surface area contributed by atoms with Crippen molar-refractivity contribution in [3.05, 3.63) is 29.8 Å². The van der Waals surface area contributed by atoms with Crippen molar-refractivity contribution < 1.29 is 8.76 Å². The lowest BCUT2D eigenvalue weighted by molar-refractivity contribution is 0.304. The molecular formula is C16H26N2O2S. The maximum atomic E-state index is 10.8. The van der Waals surface area contributed by atoms with Crippen LogP contribution in [-0.2, 0) is 17.8 Å². The number of nitrogens with one attached hydrogen (secondary N) is 2. The molecule has 0 aliphatic heterocycles. The predicted molar refractivity (Wildman–Crippen MR) is 88.3 cm³/mol. The molecule has 0 amide bonds. The molecule has 118 valence electrons. The highest BCUT2D eigenvalue weighted by Gasteiger charge is 2.16. The molecule has 2 unspecified atom stereocenters. The van der Waals surface area contributed by atoms with E-state index in [1.54, 1.807) is 6.07 Å². The minimum Gasteiger partial charge on any atom is -0.310 e. The molecule has 0 saturated heterocycles. The second kappa shape index (κ2) is 8.51. The lowest BCUT2D eigenvalue weighted by Gasteiger charge is -2.25. The highest BCUT2D eigenvalue weighted by Crippen LogP contribution is 2.27. The van der Waals surface area contributed by atoms with Crippen LogP contribution in [0.4, 0.5) is 5.69 Å². The van der Waals surface area contributed by atoms with Gasteiger partial charge in [0.2, 0.25) is 0 Å². The van der Waals surface area contributed by atoms with Gasteiger partial charge < -0.3 is 5.32 Å². The average molecular weight is 310 g/mol. The average Bonchev–Trinajstić information content (AvgIpc) is 2.46.